The van der Waals surface area contributed by atoms with Crippen molar-refractivity contribution in [2.24, 2.45) is 5.92 Å². The number of hydrogen-bond acceptors (Lipinski definition) is 2. The molecule has 1 saturated carbocycles. The molecule has 2 saturated heterocycles. The Bertz CT molecular complexity index is 449. The second kappa shape index (κ2) is 3.01. The summed E-state index contributed by atoms with van der Waals surface area (Å²) >= 11 is 10.2. The minimum Gasteiger partial charge on any atom is -0.298 e. The summed E-state index contributed by atoms with van der Waals surface area (Å²) in [6, 6.07) is 4.73. The maximum Gasteiger partial charge on any atom is 0.0748 e. The third-order valence-electron chi connectivity index (χ3n) is 4.44. The van der Waals surface area contributed by atoms with E-state index in [2.05, 4.69) is 37.9 Å². The van der Waals surface area contributed by atoms with Crippen LogP contribution in [0.15, 0.2) is 22.8 Å². The van der Waals surface area contributed by atoms with Crippen LogP contribution in [0.25, 0.3) is 0 Å². The van der Waals surface area contributed by atoms with Gasteiger partial charge in [0.25, 0.3) is 0 Å². The molecule has 0 amide bonds. The summed E-state index contributed by atoms with van der Waals surface area (Å²) in [6.07, 6.45) is 3.15. The van der Waals surface area contributed by atoms with Gasteiger partial charge >= 0.3 is 0 Å². The summed E-state index contributed by atoms with van der Waals surface area (Å²) in [5.74, 6) is 1.15. The van der Waals surface area contributed by atoms with Crippen molar-refractivity contribution in [3.63, 3.8) is 0 Å². The Kier molecular flexibility index (Phi) is 1.85. The summed E-state index contributed by atoms with van der Waals surface area (Å²) in [4.78, 5) is 7.07. The average Bonchev–Trinajstić information content (AvgIpc) is 2.62. The number of aromatic nitrogens is 1. The van der Waals surface area contributed by atoms with Crippen LogP contribution < -0.4 is 0 Å². The molecule has 1 aliphatic carbocycles. The Morgan fingerprint density at radius 1 is 1.50 bits per heavy atom. The minimum atomic E-state index is 0.0130. The number of halogens is 2. The summed E-state index contributed by atoms with van der Waals surface area (Å²) in [5.41, 5.74) is 1.17. The van der Waals surface area contributed by atoms with Crippen molar-refractivity contribution in [2.75, 3.05) is 13.1 Å². The van der Waals surface area contributed by atoms with Crippen molar-refractivity contribution >= 4 is 27.5 Å². The predicted molar refractivity (Wildman–Crippen MR) is 66.7 cm³/mol. The SMILES string of the molecule is ClC12C3CCN(C3)C1C2c1ccc(Br)cn1. The molecule has 1 aromatic rings. The Morgan fingerprint density at radius 2 is 2.38 bits per heavy atom. The molecule has 0 spiro atoms. The first kappa shape index (κ1) is 9.86. The van der Waals surface area contributed by atoms with Crippen molar-refractivity contribution in [2.45, 2.75) is 23.3 Å². The van der Waals surface area contributed by atoms with Crippen molar-refractivity contribution in [3.8, 4) is 0 Å². The molecule has 5 atom stereocenters. The van der Waals surface area contributed by atoms with E-state index in [4.69, 9.17) is 11.6 Å². The number of alkyl halides is 1. The van der Waals surface area contributed by atoms with Gasteiger partial charge in [-0.2, -0.15) is 0 Å². The predicted octanol–water partition coefficient (Wildman–Crippen LogP) is 2.62. The molecule has 0 N–H and O–H groups in total. The zero-order valence-corrected chi connectivity index (χ0v) is 11.1. The van der Waals surface area contributed by atoms with Gasteiger partial charge in [0, 0.05) is 34.9 Å². The molecule has 5 unspecified atom stereocenters. The third kappa shape index (κ3) is 1.05. The smallest absolute Gasteiger partial charge is 0.0748 e. The molecule has 0 aromatic carbocycles. The Morgan fingerprint density at radius 3 is 3.00 bits per heavy atom. The topological polar surface area (TPSA) is 16.1 Å². The quantitative estimate of drug-likeness (QED) is 0.741. The monoisotopic (exact) mass is 298 g/mol. The van der Waals surface area contributed by atoms with Crippen LogP contribution in [0, 0.1) is 5.92 Å². The molecule has 3 aliphatic rings. The highest BCUT2D eigenvalue weighted by atomic mass is 79.9. The number of fused-ring (bicyclic) bond motifs is 5. The van der Waals surface area contributed by atoms with Gasteiger partial charge in [-0.25, -0.2) is 0 Å². The van der Waals surface area contributed by atoms with E-state index in [9.17, 15) is 0 Å². The zero-order valence-electron chi connectivity index (χ0n) is 8.74. The van der Waals surface area contributed by atoms with E-state index < -0.39 is 0 Å². The highest BCUT2D eigenvalue weighted by molar-refractivity contribution is 9.10. The Hall–Kier alpha value is -0.120. The molecular formula is C12H12BrClN2. The largest absolute Gasteiger partial charge is 0.298 e. The van der Waals surface area contributed by atoms with E-state index in [0.29, 0.717) is 17.9 Å². The van der Waals surface area contributed by atoms with E-state index >= 15 is 0 Å². The van der Waals surface area contributed by atoms with E-state index in [0.717, 1.165) is 4.47 Å². The van der Waals surface area contributed by atoms with Crippen molar-refractivity contribution in [1.82, 2.24) is 9.88 Å². The van der Waals surface area contributed by atoms with Crippen LogP contribution in [-0.2, 0) is 0 Å². The number of pyridine rings is 1. The normalized spacial score (nSPS) is 48.1. The second-order valence-electron chi connectivity index (χ2n) is 5.13. The molecule has 4 heteroatoms. The lowest BCUT2D eigenvalue weighted by Crippen LogP contribution is -2.23. The highest BCUT2D eigenvalue weighted by Gasteiger charge is 2.76. The van der Waals surface area contributed by atoms with Gasteiger partial charge in [-0.3, -0.25) is 9.88 Å². The molecule has 3 fully saturated rings. The Labute approximate surface area is 108 Å². The summed E-state index contributed by atoms with van der Waals surface area (Å²) < 4.78 is 1.04. The first-order valence-electron chi connectivity index (χ1n) is 5.75. The maximum absolute atomic E-state index is 6.79. The minimum absolute atomic E-state index is 0.0130. The lowest BCUT2D eigenvalue weighted by atomic mass is 10.00. The van der Waals surface area contributed by atoms with Crippen LogP contribution in [0.1, 0.15) is 18.0 Å². The van der Waals surface area contributed by atoms with Crippen LogP contribution in [0.4, 0.5) is 0 Å². The van der Waals surface area contributed by atoms with Gasteiger partial charge in [-0.1, -0.05) is 0 Å². The van der Waals surface area contributed by atoms with Crippen molar-refractivity contribution in [1.29, 1.82) is 0 Å². The van der Waals surface area contributed by atoms with Crippen molar-refractivity contribution < 1.29 is 0 Å². The van der Waals surface area contributed by atoms with Gasteiger partial charge < -0.3 is 0 Å². The van der Waals surface area contributed by atoms with Gasteiger partial charge in [0.05, 0.1) is 4.87 Å². The summed E-state index contributed by atoms with van der Waals surface area (Å²) in [7, 11) is 0. The van der Waals surface area contributed by atoms with Crippen LogP contribution in [0.5, 0.6) is 0 Å². The molecule has 4 rings (SSSR count). The van der Waals surface area contributed by atoms with Gasteiger partial charge in [-0.15, -0.1) is 11.6 Å². The van der Waals surface area contributed by atoms with E-state index in [1.807, 2.05) is 6.20 Å². The van der Waals surface area contributed by atoms with Gasteiger partial charge in [-0.05, 0) is 46.9 Å². The molecule has 1 aromatic heterocycles. The fourth-order valence-corrected chi connectivity index (χ4v) is 4.55. The lowest BCUT2D eigenvalue weighted by molar-refractivity contribution is 0.336. The third-order valence-corrected chi connectivity index (χ3v) is 5.68. The van der Waals surface area contributed by atoms with E-state index in [1.54, 1.807) is 0 Å². The molecular weight excluding hydrogens is 288 g/mol. The Balaban J connectivity index is 1.70. The lowest BCUT2D eigenvalue weighted by Gasteiger charge is -2.14. The number of nitrogens with zero attached hydrogens (tertiary/aromatic N) is 2. The number of piperidine rings is 2. The molecule has 0 radical (unpaired) electrons. The van der Waals surface area contributed by atoms with Gasteiger partial charge in [0.2, 0.25) is 0 Å². The van der Waals surface area contributed by atoms with E-state index in [-0.39, 0.29) is 4.87 Å². The van der Waals surface area contributed by atoms with Crippen molar-refractivity contribution in [3.05, 3.63) is 28.5 Å². The van der Waals surface area contributed by atoms with Gasteiger partial charge in [0.1, 0.15) is 0 Å². The molecule has 84 valence electrons. The van der Waals surface area contributed by atoms with E-state index in [1.165, 1.54) is 25.2 Å². The van der Waals surface area contributed by atoms with Gasteiger partial charge in [0.15, 0.2) is 0 Å². The fraction of sp³-hybridized carbons (Fsp3) is 0.583. The fourth-order valence-electron chi connectivity index (χ4n) is 3.71. The molecule has 2 nitrogen and oxygen atoms in total. The van der Waals surface area contributed by atoms with Crippen LogP contribution in [0.3, 0.4) is 0 Å². The van der Waals surface area contributed by atoms with Crippen LogP contribution in [0.2, 0.25) is 0 Å². The molecule has 3 heterocycles. The standard InChI is InChI=1S/C12H12BrClN2/c13-8-1-2-9(15-5-8)10-11-12(10,14)7-3-4-16(11)6-7/h1-2,5,7,10-11H,3-4,6H2. The molecule has 16 heavy (non-hydrogen) atoms. The second-order valence-corrected chi connectivity index (χ2v) is 6.70. The summed E-state index contributed by atoms with van der Waals surface area (Å²) in [6.45, 7) is 2.44. The number of rotatable bonds is 1. The zero-order chi connectivity index (χ0) is 10.9. The average molecular weight is 300 g/mol. The van der Waals surface area contributed by atoms with Crippen LogP contribution in [-0.4, -0.2) is 33.9 Å². The molecule has 2 bridgehead atoms. The first-order valence-corrected chi connectivity index (χ1v) is 6.93. The van der Waals surface area contributed by atoms with Crippen LogP contribution >= 0.6 is 27.5 Å². The highest BCUT2D eigenvalue weighted by Crippen LogP contribution is 2.69. The maximum atomic E-state index is 6.79. The summed E-state index contributed by atoms with van der Waals surface area (Å²) in [5, 5.41) is 0. The molecule has 2 aliphatic heterocycles. The first-order chi connectivity index (χ1) is 7.71. The number of hydrogen-bond donors (Lipinski definition) is 0.